The first-order valence-corrected chi connectivity index (χ1v) is 7.62. The van der Waals surface area contributed by atoms with Crippen LogP contribution in [-0.4, -0.2) is 10.2 Å². The van der Waals surface area contributed by atoms with Gasteiger partial charge in [0.05, 0.1) is 0 Å². The van der Waals surface area contributed by atoms with E-state index in [-0.39, 0.29) is 0 Å². The van der Waals surface area contributed by atoms with Crippen molar-refractivity contribution in [2.24, 2.45) is 23.5 Å². The fourth-order valence-corrected chi connectivity index (χ4v) is 5.86. The maximum Gasteiger partial charge on any atom is 0.131 e. The summed E-state index contributed by atoms with van der Waals surface area (Å²) >= 11 is 1.77. The van der Waals surface area contributed by atoms with Crippen molar-refractivity contribution in [3.05, 3.63) is 10.0 Å². The summed E-state index contributed by atoms with van der Waals surface area (Å²) in [5.41, 5.74) is 6.07. The second kappa shape index (κ2) is 3.51. The Morgan fingerprint density at radius 3 is 2.12 bits per heavy atom. The minimum atomic E-state index is 0.403. The van der Waals surface area contributed by atoms with E-state index in [4.69, 9.17) is 5.73 Å². The molecule has 0 saturated heterocycles. The van der Waals surface area contributed by atoms with Gasteiger partial charge in [-0.15, -0.1) is 10.2 Å². The predicted octanol–water partition coefficient (Wildman–Crippen LogP) is 2.46. The summed E-state index contributed by atoms with van der Waals surface area (Å²) in [4.78, 5) is 0. The second-order valence-corrected chi connectivity index (χ2v) is 7.47. The Hall–Kier alpha value is -0.480. The Balaban J connectivity index is 1.72. The van der Waals surface area contributed by atoms with Crippen molar-refractivity contribution < 1.29 is 0 Å². The van der Waals surface area contributed by atoms with E-state index in [0.717, 1.165) is 22.8 Å². The standard InChI is InChI=1S/C13H19N3S/c14-7-11-15-16-12(17-11)13-4-8-1-9(5-13)3-10(2-8)6-13/h8-10H,1-7,14H2. The van der Waals surface area contributed by atoms with Crippen LogP contribution in [0.3, 0.4) is 0 Å². The van der Waals surface area contributed by atoms with Crippen molar-refractivity contribution in [1.29, 1.82) is 0 Å². The van der Waals surface area contributed by atoms with Gasteiger partial charge in [0.25, 0.3) is 0 Å². The molecule has 4 bridgehead atoms. The smallest absolute Gasteiger partial charge is 0.131 e. The molecule has 17 heavy (non-hydrogen) atoms. The zero-order chi connectivity index (χ0) is 11.5. The van der Waals surface area contributed by atoms with Crippen molar-refractivity contribution in [1.82, 2.24) is 10.2 Å². The first kappa shape index (κ1) is 10.4. The summed E-state index contributed by atoms with van der Waals surface area (Å²) in [6.07, 6.45) is 8.58. The molecule has 1 aromatic rings. The normalized spacial score (nSPS) is 43.2. The third-order valence-corrected chi connectivity index (χ3v) is 6.33. The Bertz CT molecular complexity index is 404. The van der Waals surface area contributed by atoms with Crippen molar-refractivity contribution in [3.8, 4) is 0 Å². The Morgan fingerprint density at radius 2 is 1.65 bits per heavy atom. The van der Waals surface area contributed by atoms with E-state index in [0.29, 0.717) is 12.0 Å². The Labute approximate surface area is 106 Å². The van der Waals surface area contributed by atoms with Crippen LogP contribution in [0.1, 0.15) is 48.5 Å². The molecule has 4 aliphatic carbocycles. The van der Waals surface area contributed by atoms with Crippen LogP contribution in [0, 0.1) is 17.8 Å². The molecule has 5 rings (SSSR count). The van der Waals surface area contributed by atoms with Gasteiger partial charge < -0.3 is 5.73 Å². The van der Waals surface area contributed by atoms with Crippen LogP contribution in [0.5, 0.6) is 0 Å². The molecule has 0 atom stereocenters. The van der Waals surface area contributed by atoms with E-state index < -0.39 is 0 Å². The Kier molecular flexibility index (Phi) is 2.16. The van der Waals surface area contributed by atoms with E-state index in [1.165, 1.54) is 43.5 Å². The van der Waals surface area contributed by atoms with Crippen LogP contribution < -0.4 is 5.73 Å². The molecule has 0 spiro atoms. The van der Waals surface area contributed by atoms with Crippen LogP contribution in [-0.2, 0) is 12.0 Å². The zero-order valence-corrected chi connectivity index (χ0v) is 10.9. The maximum absolute atomic E-state index is 5.66. The third kappa shape index (κ3) is 1.50. The highest BCUT2D eigenvalue weighted by Crippen LogP contribution is 2.60. The number of hydrogen-bond donors (Lipinski definition) is 1. The largest absolute Gasteiger partial charge is 0.324 e. The second-order valence-electron chi connectivity index (χ2n) is 6.40. The molecular weight excluding hydrogens is 230 g/mol. The summed E-state index contributed by atoms with van der Waals surface area (Å²) in [7, 11) is 0. The lowest BCUT2D eigenvalue weighted by molar-refractivity contribution is -0.00555. The van der Waals surface area contributed by atoms with Crippen molar-refractivity contribution in [3.63, 3.8) is 0 Å². The molecule has 0 amide bonds. The van der Waals surface area contributed by atoms with Gasteiger partial charge in [0.2, 0.25) is 0 Å². The van der Waals surface area contributed by atoms with E-state index in [1.54, 1.807) is 11.3 Å². The van der Waals surface area contributed by atoms with Crippen LogP contribution in [0.25, 0.3) is 0 Å². The summed E-state index contributed by atoms with van der Waals surface area (Å²) < 4.78 is 0. The molecule has 92 valence electrons. The first-order valence-electron chi connectivity index (χ1n) is 6.80. The van der Waals surface area contributed by atoms with Crippen molar-refractivity contribution >= 4 is 11.3 Å². The molecular formula is C13H19N3S. The molecule has 4 fully saturated rings. The minimum Gasteiger partial charge on any atom is -0.324 e. The summed E-state index contributed by atoms with van der Waals surface area (Å²) in [6.45, 7) is 0.546. The van der Waals surface area contributed by atoms with Crippen LogP contribution >= 0.6 is 11.3 Å². The molecule has 1 aromatic heterocycles. The average molecular weight is 249 g/mol. The number of nitrogens with two attached hydrogens (primary N) is 1. The molecule has 0 unspecified atom stereocenters. The van der Waals surface area contributed by atoms with E-state index in [2.05, 4.69) is 10.2 Å². The molecule has 0 radical (unpaired) electrons. The lowest BCUT2D eigenvalue weighted by atomic mass is 9.50. The maximum atomic E-state index is 5.66. The van der Waals surface area contributed by atoms with E-state index >= 15 is 0 Å². The van der Waals surface area contributed by atoms with Gasteiger partial charge in [0, 0.05) is 12.0 Å². The fourth-order valence-electron chi connectivity index (χ4n) is 4.92. The monoisotopic (exact) mass is 249 g/mol. The topological polar surface area (TPSA) is 51.8 Å². The quantitative estimate of drug-likeness (QED) is 0.876. The van der Waals surface area contributed by atoms with Gasteiger partial charge in [-0.2, -0.15) is 0 Å². The highest BCUT2D eigenvalue weighted by Gasteiger charge is 2.53. The molecule has 3 nitrogen and oxygen atoms in total. The van der Waals surface area contributed by atoms with Gasteiger partial charge in [-0.25, -0.2) is 0 Å². The molecule has 1 heterocycles. The fraction of sp³-hybridized carbons (Fsp3) is 0.846. The molecule has 4 heteroatoms. The van der Waals surface area contributed by atoms with Crippen LogP contribution in [0.4, 0.5) is 0 Å². The zero-order valence-electron chi connectivity index (χ0n) is 10.1. The van der Waals surface area contributed by atoms with Crippen molar-refractivity contribution in [2.75, 3.05) is 0 Å². The van der Waals surface area contributed by atoms with Gasteiger partial charge >= 0.3 is 0 Å². The van der Waals surface area contributed by atoms with Gasteiger partial charge in [-0.1, -0.05) is 11.3 Å². The van der Waals surface area contributed by atoms with E-state index in [9.17, 15) is 0 Å². The molecule has 0 aromatic carbocycles. The summed E-state index contributed by atoms with van der Waals surface area (Å²) in [5.74, 6) is 2.93. The predicted molar refractivity (Wildman–Crippen MR) is 67.7 cm³/mol. The van der Waals surface area contributed by atoms with Gasteiger partial charge in [-0.05, 0) is 56.3 Å². The number of rotatable bonds is 2. The molecule has 2 N–H and O–H groups in total. The minimum absolute atomic E-state index is 0.403. The number of nitrogens with zero attached hydrogens (tertiary/aromatic N) is 2. The highest BCUT2D eigenvalue weighted by molar-refractivity contribution is 7.11. The molecule has 4 saturated carbocycles. The average Bonchev–Trinajstić information content (AvgIpc) is 2.76. The van der Waals surface area contributed by atoms with Crippen LogP contribution in [0.2, 0.25) is 0 Å². The SMILES string of the molecule is NCc1nnc(C23CC4CC(CC(C4)C2)C3)s1. The Morgan fingerprint density at radius 1 is 1.06 bits per heavy atom. The van der Waals surface area contributed by atoms with Gasteiger partial charge in [0.1, 0.15) is 10.0 Å². The lowest BCUT2D eigenvalue weighted by Gasteiger charge is -2.55. The first-order chi connectivity index (χ1) is 8.27. The molecule has 0 aliphatic heterocycles. The van der Waals surface area contributed by atoms with Crippen LogP contribution in [0.15, 0.2) is 0 Å². The van der Waals surface area contributed by atoms with E-state index in [1.807, 2.05) is 0 Å². The summed E-state index contributed by atoms with van der Waals surface area (Å²) in [6, 6.07) is 0. The summed E-state index contributed by atoms with van der Waals surface area (Å²) in [5, 5.41) is 11.0. The molecule has 4 aliphatic rings. The highest BCUT2D eigenvalue weighted by atomic mass is 32.1. The number of hydrogen-bond acceptors (Lipinski definition) is 4. The number of aromatic nitrogens is 2. The van der Waals surface area contributed by atoms with Gasteiger partial charge in [0.15, 0.2) is 0 Å². The van der Waals surface area contributed by atoms with Crippen molar-refractivity contribution in [2.45, 2.75) is 50.5 Å². The third-order valence-electron chi connectivity index (χ3n) is 5.13. The lowest BCUT2D eigenvalue weighted by Crippen LogP contribution is -2.48. The van der Waals surface area contributed by atoms with Gasteiger partial charge in [-0.3, -0.25) is 0 Å².